The summed E-state index contributed by atoms with van der Waals surface area (Å²) in [5, 5.41) is 0.969. The molecular weight excluding hydrogens is 248 g/mol. The lowest BCUT2D eigenvalue weighted by molar-refractivity contribution is 0.103. The van der Waals surface area contributed by atoms with E-state index >= 15 is 0 Å². The van der Waals surface area contributed by atoms with E-state index in [9.17, 15) is 4.79 Å². The minimum atomic E-state index is -0.0340. The van der Waals surface area contributed by atoms with Crippen LogP contribution in [0.4, 0.5) is 0 Å². The van der Waals surface area contributed by atoms with Crippen LogP contribution in [0.1, 0.15) is 27.3 Å². The van der Waals surface area contributed by atoms with Gasteiger partial charge in [0.15, 0.2) is 5.78 Å². The molecule has 0 radical (unpaired) electrons. The first kappa shape index (κ1) is 12.5. The number of pyridine rings is 2. The lowest BCUT2D eigenvalue weighted by Gasteiger charge is -2.06. The fourth-order valence-corrected chi connectivity index (χ4v) is 2.28. The molecule has 98 valence electrons. The van der Waals surface area contributed by atoms with Crippen molar-refractivity contribution in [1.82, 2.24) is 9.97 Å². The highest BCUT2D eigenvalue weighted by atomic mass is 16.1. The van der Waals surface area contributed by atoms with Crippen LogP contribution < -0.4 is 0 Å². The van der Waals surface area contributed by atoms with Gasteiger partial charge in [-0.3, -0.25) is 14.8 Å². The molecule has 0 saturated carbocycles. The van der Waals surface area contributed by atoms with Gasteiger partial charge in [0, 0.05) is 34.1 Å². The molecule has 0 amide bonds. The second-order valence-corrected chi connectivity index (χ2v) is 4.83. The zero-order valence-electron chi connectivity index (χ0n) is 11.4. The molecule has 0 saturated heterocycles. The summed E-state index contributed by atoms with van der Waals surface area (Å²) < 4.78 is 0. The Kier molecular flexibility index (Phi) is 3.03. The predicted octanol–water partition coefficient (Wildman–Crippen LogP) is 3.48. The number of carbonyl (C=O) groups is 1. The van der Waals surface area contributed by atoms with E-state index in [2.05, 4.69) is 9.97 Å². The van der Waals surface area contributed by atoms with E-state index in [4.69, 9.17) is 0 Å². The van der Waals surface area contributed by atoms with Crippen LogP contribution in [0.25, 0.3) is 10.9 Å². The number of hydrogen-bond acceptors (Lipinski definition) is 3. The zero-order chi connectivity index (χ0) is 14.1. The van der Waals surface area contributed by atoms with Crippen LogP contribution in [0.2, 0.25) is 0 Å². The van der Waals surface area contributed by atoms with Gasteiger partial charge in [-0.05, 0) is 38.1 Å². The molecule has 0 fully saturated rings. The number of rotatable bonds is 2. The van der Waals surface area contributed by atoms with Crippen molar-refractivity contribution in [2.45, 2.75) is 13.8 Å². The Morgan fingerprint density at radius 2 is 1.85 bits per heavy atom. The van der Waals surface area contributed by atoms with Crippen LogP contribution in [0.5, 0.6) is 0 Å². The van der Waals surface area contributed by atoms with Crippen LogP contribution in [0.3, 0.4) is 0 Å². The molecule has 0 aliphatic rings. The lowest BCUT2D eigenvalue weighted by Crippen LogP contribution is -2.06. The molecule has 2 heterocycles. The molecule has 0 spiro atoms. The average molecular weight is 262 g/mol. The highest BCUT2D eigenvalue weighted by Crippen LogP contribution is 2.17. The van der Waals surface area contributed by atoms with Crippen LogP contribution in [0, 0.1) is 13.8 Å². The van der Waals surface area contributed by atoms with E-state index in [-0.39, 0.29) is 5.78 Å². The van der Waals surface area contributed by atoms with Crippen molar-refractivity contribution in [3.63, 3.8) is 0 Å². The van der Waals surface area contributed by atoms with Gasteiger partial charge in [0.1, 0.15) is 0 Å². The summed E-state index contributed by atoms with van der Waals surface area (Å²) in [6.07, 6.45) is 1.63. The molecule has 3 heteroatoms. The van der Waals surface area contributed by atoms with E-state index in [1.165, 1.54) is 0 Å². The fraction of sp³-hybridized carbons (Fsp3) is 0.118. The fourth-order valence-electron chi connectivity index (χ4n) is 2.28. The number of fused-ring (bicyclic) bond motifs is 1. The van der Waals surface area contributed by atoms with Crippen molar-refractivity contribution < 1.29 is 4.79 Å². The second kappa shape index (κ2) is 4.85. The SMILES string of the molecule is Cc1ccc(C(=O)c2cnc3ccccc3c2)c(C)n1. The number of para-hydroxylation sites is 1. The average Bonchev–Trinajstić information content (AvgIpc) is 2.46. The molecule has 0 atom stereocenters. The molecule has 0 bridgehead atoms. The number of aryl methyl sites for hydroxylation is 2. The molecule has 3 aromatic rings. The maximum Gasteiger partial charge on any atom is 0.196 e. The van der Waals surface area contributed by atoms with Gasteiger partial charge in [-0.15, -0.1) is 0 Å². The zero-order valence-corrected chi connectivity index (χ0v) is 11.4. The third-order valence-corrected chi connectivity index (χ3v) is 3.32. The molecule has 1 aromatic carbocycles. The van der Waals surface area contributed by atoms with Gasteiger partial charge < -0.3 is 0 Å². The number of ketones is 1. The maximum atomic E-state index is 12.5. The summed E-state index contributed by atoms with van der Waals surface area (Å²) in [5.41, 5.74) is 3.78. The molecule has 20 heavy (non-hydrogen) atoms. The van der Waals surface area contributed by atoms with Crippen molar-refractivity contribution in [2.24, 2.45) is 0 Å². The van der Waals surface area contributed by atoms with Crippen molar-refractivity contribution in [2.75, 3.05) is 0 Å². The van der Waals surface area contributed by atoms with E-state index in [0.717, 1.165) is 22.3 Å². The minimum Gasteiger partial charge on any atom is -0.288 e. The monoisotopic (exact) mass is 262 g/mol. The number of aromatic nitrogens is 2. The smallest absolute Gasteiger partial charge is 0.196 e. The first-order valence-corrected chi connectivity index (χ1v) is 6.49. The van der Waals surface area contributed by atoms with Crippen LogP contribution in [-0.2, 0) is 0 Å². The Labute approximate surface area is 117 Å². The highest BCUT2D eigenvalue weighted by Gasteiger charge is 2.13. The Morgan fingerprint density at radius 3 is 2.65 bits per heavy atom. The largest absolute Gasteiger partial charge is 0.288 e. The Morgan fingerprint density at radius 1 is 1.05 bits per heavy atom. The molecule has 0 aliphatic heterocycles. The number of hydrogen-bond donors (Lipinski definition) is 0. The first-order valence-electron chi connectivity index (χ1n) is 6.49. The van der Waals surface area contributed by atoms with Crippen molar-refractivity contribution >= 4 is 16.7 Å². The topological polar surface area (TPSA) is 42.9 Å². The summed E-state index contributed by atoms with van der Waals surface area (Å²) in [6, 6.07) is 13.3. The standard InChI is InChI=1S/C17H14N2O/c1-11-7-8-15(12(2)19-11)17(20)14-9-13-5-3-4-6-16(13)18-10-14/h3-10H,1-2H3. The summed E-state index contributed by atoms with van der Waals surface area (Å²) in [7, 11) is 0. The Balaban J connectivity index is 2.08. The lowest BCUT2D eigenvalue weighted by atomic mass is 10.0. The van der Waals surface area contributed by atoms with Gasteiger partial charge in [0.2, 0.25) is 0 Å². The molecular formula is C17H14N2O. The van der Waals surface area contributed by atoms with Gasteiger partial charge in [-0.25, -0.2) is 0 Å². The third-order valence-electron chi connectivity index (χ3n) is 3.32. The summed E-state index contributed by atoms with van der Waals surface area (Å²) in [5.74, 6) is -0.0340. The van der Waals surface area contributed by atoms with Crippen LogP contribution in [-0.4, -0.2) is 15.8 Å². The first-order chi connectivity index (χ1) is 9.65. The van der Waals surface area contributed by atoms with E-state index < -0.39 is 0 Å². The quantitative estimate of drug-likeness (QED) is 0.664. The van der Waals surface area contributed by atoms with Gasteiger partial charge in [-0.2, -0.15) is 0 Å². The Hall–Kier alpha value is -2.55. The molecule has 3 nitrogen and oxygen atoms in total. The molecule has 0 N–H and O–H groups in total. The van der Waals surface area contributed by atoms with E-state index in [1.807, 2.05) is 56.3 Å². The van der Waals surface area contributed by atoms with Crippen molar-refractivity contribution in [3.05, 3.63) is 71.2 Å². The molecule has 0 aliphatic carbocycles. The Bertz CT molecular complexity index is 809. The predicted molar refractivity (Wildman–Crippen MR) is 78.9 cm³/mol. The number of carbonyl (C=O) groups excluding carboxylic acids is 1. The summed E-state index contributed by atoms with van der Waals surface area (Å²) >= 11 is 0. The van der Waals surface area contributed by atoms with Gasteiger partial charge in [0.25, 0.3) is 0 Å². The summed E-state index contributed by atoms with van der Waals surface area (Å²) in [4.78, 5) is 21.2. The van der Waals surface area contributed by atoms with Crippen molar-refractivity contribution in [3.8, 4) is 0 Å². The molecule has 0 unspecified atom stereocenters. The van der Waals surface area contributed by atoms with Crippen LogP contribution in [0.15, 0.2) is 48.7 Å². The van der Waals surface area contributed by atoms with Gasteiger partial charge in [0.05, 0.1) is 5.52 Å². The third kappa shape index (κ3) is 2.18. The van der Waals surface area contributed by atoms with E-state index in [1.54, 1.807) is 6.20 Å². The molecule has 2 aromatic heterocycles. The highest BCUT2D eigenvalue weighted by molar-refractivity contribution is 6.10. The second-order valence-electron chi connectivity index (χ2n) is 4.83. The van der Waals surface area contributed by atoms with Gasteiger partial charge in [-0.1, -0.05) is 18.2 Å². The maximum absolute atomic E-state index is 12.5. The van der Waals surface area contributed by atoms with Crippen molar-refractivity contribution in [1.29, 1.82) is 0 Å². The normalized spacial score (nSPS) is 10.7. The van der Waals surface area contributed by atoms with E-state index in [0.29, 0.717) is 11.1 Å². The minimum absolute atomic E-state index is 0.0340. The van der Waals surface area contributed by atoms with Crippen LogP contribution >= 0.6 is 0 Å². The summed E-state index contributed by atoms with van der Waals surface area (Å²) in [6.45, 7) is 3.77. The number of nitrogens with zero attached hydrogens (tertiary/aromatic N) is 2. The van der Waals surface area contributed by atoms with Gasteiger partial charge >= 0.3 is 0 Å². The number of benzene rings is 1. The molecule has 3 rings (SSSR count).